The first kappa shape index (κ1) is 25.3. The lowest BCUT2D eigenvalue weighted by Crippen LogP contribution is -2.45. The third-order valence-electron chi connectivity index (χ3n) is 6.07. The van der Waals surface area contributed by atoms with Crippen molar-refractivity contribution < 1.29 is 14.7 Å². The van der Waals surface area contributed by atoms with Crippen molar-refractivity contribution in [1.82, 2.24) is 15.3 Å². The van der Waals surface area contributed by atoms with Gasteiger partial charge in [0.1, 0.15) is 5.69 Å². The monoisotopic (exact) mass is 462 g/mol. The Kier molecular flexibility index (Phi) is 9.10. The van der Waals surface area contributed by atoms with Gasteiger partial charge in [-0.25, -0.2) is 4.98 Å². The first-order valence-corrected chi connectivity index (χ1v) is 11.9. The van der Waals surface area contributed by atoms with E-state index in [4.69, 9.17) is 5.73 Å². The standard InChI is InChI=1S/C27H34N4O3/c1-18(2)12-14-20(26(28)33)16-25(32)23(15-13-19-8-4-3-5-9-19)31-27(34)24-17-29-21-10-6-7-11-22(21)30-24/h3-11,17-18,20,23,25,32H,12-16H2,1-2H3,(H2,28,33)(H,31,34)/t20-,23+,25+/m1/s1. The van der Waals surface area contributed by atoms with E-state index in [1.807, 2.05) is 48.5 Å². The van der Waals surface area contributed by atoms with Crippen LogP contribution in [0.5, 0.6) is 0 Å². The molecule has 1 aromatic heterocycles. The van der Waals surface area contributed by atoms with Gasteiger partial charge in [-0.3, -0.25) is 14.6 Å². The van der Waals surface area contributed by atoms with Gasteiger partial charge in [0.2, 0.25) is 5.91 Å². The number of primary amides is 1. The van der Waals surface area contributed by atoms with E-state index >= 15 is 0 Å². The first-order valence-electron chi connectivity index (χ1n) is 11.9. The van der Waals surface area contributed by atoms with Crippen molar-refractivity contribution in [3.63, 3.8) is 0 Å². The van der Waals surface area contributed by atoms with E-state index in [-0.39, 0.29) is 12.1 Å². The fourth-order valence-corrected chi connectivity index (χ4v) is 4.00. The summed E-state index contributed by atoms with van der Waals surface area (Å²) >= 11 is 0. The maximum absolute atomic E-state index is 13.0. The van der Waals surface area contributed by atoms with Crippen LogP contribution in [0.25, 0.3) is 11.0 Å². The lowest BCUT2D eigenvalue weighted by atomic mass is 9.88. The van der Waals surface area contributed by atoms with Crippen LogP contribution in [-0.2, 0) is 11.2 Å². The van der Waals surface area contributed by atoms with Crippen LogP contribution in [0.4, 0.5) is 0 Å². The molecule has 3 rings (SSSR count). The number of amides is 2. The first-order chi connectivity index (χ1) is 16.3. The second-order valence-corrected chi connectivity index (χ2v) is 9.22. The van der Waals surface area contributed by atoms with Crippen molar-refractivity contribution in [3.05, 3.63) is 72.1 Å². The average molecular weight is 463 g/mol. The Morgan fingerprint density at radius 2 is 1.65 bits per heavy atom. The molecule has 4 N–H and O–H groups in total. The summed E-state index contributed by atoms with van der Waals surface area (Å²) in [6.45, 7) is 4.17. The third kappa shape index (κ3) is 7.35. The summed E-state index contributed by atoms with van der Waals surface area (Å²) < 4.78 is 0. The number of carbonyl (C=O) groups is 2. The van der Waals surface area contributed by atoms with Gasteiger partial charge in [-0.2, -0.15) is 0 Å². The minimum atomic E-state index is -0.925. The summed E-state index contributed by atoms with van der Waals surface area (Å²) in [7, 11) is 0. The third-order valence-corrected chi connectivity index (χ3v) is 6.07. The van der Waals surface area contributed by atoms with Crippen LogP contribution in [0, 0.1) is 11.8 Å². The van der Waals surface area contributed by atoms with E-state index in [1.54, 1.807) is 6.07 Å². The van der Waals surface area contributed by atoms with Crippen molar-refractivity contribution in [3.8, 4) is 0 Å². The summed E-state index contributed by atoms with van der Waals surface area (Å²) in [4.78, 5) is 33.8. The zero-order valence-corrected chi connectivity index (χ0v) is 19.9. The van der Waals surface area contributed by atoms with Crippen molar-refractivity contribution in [2.45, 2.75) is 58.1 Å². The van der Waals surface area contributed by atoms with Crippen molar-refractivity contribution in [2.24, 2.45) is 17.6 Å². The van der Waals surface area contributed by atoms with Crippen LogP contribution in [0.3, 0.4) is 0 Å². The Hall–Kier alpha value is -3.32. The normalized spacial score (nSPS) is 14.0. The Morgan fingerprint density at radius 1 is 0.971 bits per heavy atom. The summed E-state index contributed by atoms with van der Waals surface area (Å²) in [5, 5.41) is 14.0. The topological polar surface area (TPSA) is 118 Å². The number of para-hydroxylation sites is 2. The van der Waals surface area contributed by atoms with Crippen LogP contribution < -0.4 is 11.1 Å². The summed E-state index contributed by atoms with van der Waals surface area (Å²) in [6.07, 6.45) is 3.34. The van der Waals surface area contributed by atoms with Gasteiger partial charge in [-0.1, -0.05) is 62.7 Å². The van der Waals surface area contributed by atoms with Gasteiger partial charge in [-0.15, -0.1) is 0 Å². The Morgan fingerprint density at radius 3 is 2.32 bits per heavy atom. The minimum Gasteiger partial charge on any atom is -0.391 e. The molecule has 0 aliphatic carbocycles. The molecule has 0 aliphatic heterocycles. The molecular formula is C27H34N4O3. The molecule has 0 saturated heterocycles. The molecule has 7 nitrogen and oxygen atoms in total. The van der Waals surface area contributed by atoms with E-state index < -0.39 is 29.9 Å². The lowest BCUT2D eigenvalue weighted by Gasteiger charge is -2.27. The number of aliphatic hydroxyl groups excluding tert-OH is 1. The van der Waals surface area contributed by atoms with Crippen LogP contribution in [0.2, 0.25) is 0 Å². The lowest BCUT2D eigenvalue weighted by molar-refractivity contribution is -0.123. The fourth-order valence-electron chi connectivity index (χ4n) is 4.00. The Labute approximate surface area is 200 Å². The number of nitrogens with two attached hydrogens (primary N) is 1. The van der Waals surface area contributed by atoms with Crippen LogP contribution in [0.15, 0.2) is 60.8 Å². The van der Waals surface area contributed by atoms with Gasteiger partial charge in [0.25, 0.3) is 5.91 Å². The SMILES string of the molecule is CC(C)CC[C@H](C[C@H](O)[C@H](CCc1ccccc1)NC(=O)c1cnc2ccccc2n1)C(N)=O. The molecule has 2 amide bonds. The van der Waals surface area contributed by atoms with Crippen molar-refractivity contribution in [1.29, 1.82) is 0 Å². The molecular weight excluding hydrogens is 428 g/mol. The number of fused-ring (bicyclic) bond motifs is 1. The number of aromatic nitrogens is 2. The zero-order chi connectivity index (χ0) is 24.5. The van der Waals surface area contributed by atoms with E-state index in [1.165, 1.54) is 6.20 Å². The predicted molar refractivity (Wildman–Crippen MR) is 133 cm³/mol. The number of nitrogens with one attached hydrogen (secondary N) is 1. The molecule has 0 saturated carbocycles. The molecule has 0 unspecified atom stereocenters. The number of hydrogen-bond acceptors (Lipinski definition) is 5. The van der Waals surface area contributed by atoms with E-state index in [2.05, 4.69) is 29.1 Å². The molecule has 1 heterocycles. The van der Waals surface area contributed by atoms with Gasteiger partial charge >= 0.3 is 0 Å². The molecule has 0 fully saturated rings. The molecule has 34 heavy (non-hydrogen) atoms. The number of aryl methyl sites for hydroxylation is 1. The molecule has 3 aromatic rings. The highest BCUT2D eigenvalue weighted by molar-refractivity contribution is 5.94. The number of aliphatic hydroxyl groups is 1. The molecule has 180 valence electrons. The number of nitrogens with zero attached hydrogens (tertiary/aromatic N) is 2. The molecule has 0 spiro atoms. The van der Waals surface area contributed by atoms with Crippen LogP contribution in [-0.4, -0.2) is 39.0 Å². The largest absolute Gasteiger partial charge is 0.391 e. The van der Waals surface area contributed by atoms with Crippen molar-refractivity contribution >= 4 is 22.8 Å². The van der Waals surface area contributed by atoms with Crippen molar-refractivity contribution in [2.75, 3.05) is 0 Å². The molecule has 0 aliphatic rings. The molecule has 2 aromatic carbocycles. The molecule has 3 atom stereocenters. The smallest absolute Gasteiger partial charge is 0.271 e. The predicted octanol–water partition coefficient (Wildman–Crippen LogP) is 3.65. The second-order valence-electron chi connectivity index (χ2n) is 9.22. The van der Waals surface area contributed by atoms with Gasteiger partial charge in [-0.05, 0) is 49.3 Å². The Bertz CT molecular complexity index is 1090. The minimum absolute atomic E-state index is 0.182. The Balaban J connectivity index is 1.75. The van der Waals surface area contributed by atoms with Crippen LogP contribution in [0.1, 0.15) is 55.6 Å². The average Bonchev–Trinajstić information content (AvgIpc) is 2.84. The summed E-state index contributed by atoms with van der Waals surface area (Å²) in [5.41, 5.74) is 8.24. The maximum Gasteiger partial charge on any atom is 0.271 e. The molecule has 0 radical (unpaired) electrons. The number of rotatable bonds is 12. The van der Waals surface area contributed by atoms with Gasteiger partial charge in [0.15, 0.2) is 0 Å². The maximum atomic E-state index is 13.0. The zero-order valence-electron chi connectivity index (χ0n) is 19.9. The highest BCUT2D eigenvalue weighted by atomic mass is 16.3. The van der Waals surface area contributed by atoms with E-state index in [0.29, 0.717) is 36.2 Å². The quantitative estimate of drug-likeness (QED) is 0.380. The fraction of sp³-hybridized carbons (Fsp3) is 0.407. The summed E-state index contributed by atoms with van der Waals surface area (Å²) in [5.74, 6) is -0.852. The van der Waals surface area contributed by atoms with Gasteiger partial charge in [0.05, 0.1) is 29.4 Å². The number of hydrogen-bond donors (Lipinski definition) is 3. The molecule has 0 bridgehead atoms. The van der Waals surface area contributed by atoms with Crippen LogP contribution >= 0.6 is 0 Å². The van der Waals surface area contributed by atoms with Gasteiger partial charge < -0.3 is 16.2 Å². The van der Waals surface area contributed by atoms with E-state index in [0.717, 1.165) is 12.0 Å². The number of benzene rings is 2. The second kappa shape index (κ2) is 12.2. The molecule has 7 heteroatoms. The van der Waals surface area contributed by atoms with Gasteiger partial charge in [0, 0.05) is 5.92 Å². The highest BCUT2D eigenvalue weighted by Gasteiger charge is 2.28. The summed E-state index contributed by atoms with van der Waals surface area (Å²) in [6, 6.07) is 16.6. The van der Waals surface area contributed by atoms with E-state index in [9.17, 15) is 14.7 Å². The number of carbonyl (C=O) groups excluding carboxylic acids is 2. The highest BCUT2D eigenvalue weighted by Crippen LogP contribution is 2.21.